The monoisotopic (exact) mass is 217 g/mol. The van der Waals surface area contributed by atoms with E-state index in [2.05, 4.69) is 6.07 Å². The van der Waals surface area contributed by atoms with Gasteiger partial charge in [0.15, 0.2) is 0 Å². The molecule has 3 heteroatoms. The summed E-state index contributed by atoms with van der Waals surface area (Å²) in [4.78, 5) is 23.9. The molecule has 1 heterocycles. The second-order valence-electron chi connectivity index (χ2n) is 4.21. The summed E-state index contributed by atoms with van der Waals surface area (Å²) in [6.45, 7) is 2.28. The Labute approximate surface area is 95.1 Å². The number of hydrogen-bond acceptors (Lipinski definition) is 2. The highest BCUT2D eigenvalue weighted by Gasteiger charge is 2.26. The number of benzene rings is 1. The summed E-state index contributed by atoms with van der Waals surface area (Å²) in [6, 6.07) is 7.98. The van der Waals surface area contributed by atoms with Crippen LogP contribution in [0.25, 0.3) is 0 Å². The third kappa shape index (κ3) is 1.98. The van der Waals surface area contributed by atoms with Crippen molar-refractivity contribution in [3.05, 3.63) is 35.4 Å². The van der Waals surface area contributed by atoms with Crippen LogP contribution >= 0.6 is 0 Å². The van der Waals surface area contributed by atoms with E-state index in [-0.39, 0.29) is 11.8 Å². The van der Waals surface area contributed by atoms with E-state index in [0.717, 1.165) is 18.4 Å². The van der Waals surface area contributed by atoms with Gasteiger partial charge >= 0.3 is 0 Å². The topological polar surface area (TPSA) is 37.4 Å². The highest BCUT2D eigenvalue weighted by Crippen LogP contribution is 2.31. The first-order valence-corrected chi connectivity index (χ1v) is 5.50. The van der Waals surface area contributed by atoms with E-state index in [4.69, 9.17) is 0 Å². The zero-order valence-corrected chi connectivity index (χ0v) is 9.35. The molecule has 3 nitrogen and oxygen atoms in total. The number of Topliss-reactive ketones (excluding diaryl/α,β-unsaturated/α-hetero) is 1. The van der Waals surface area contributed by atoms with Crippen molar-refractivity contribution in [2.45, 2.75) is 25.8 Å². The summed E-state index contributed by atoms with van der Waals surface area (Å²) >= 11 is 0. The molecule has 1 aromatic rings. The lowest BCUT2D eigenvalue weighted by molar-refractivity contribution is -0.123. The van der Waals surface area contributed by atoms with Gasteiger partial charge in [-0.05, 0) is 24.5 Å². The Morgan fingerprint density at radius 2 is 2.25 bits per heavy atom. The zero-order chi connectivity index (χ0) is 11.5. The Balaban J connectivity index is 2.36. The average molecular weight is 217 g/mol. The highest BCUT2D eigenvalue weighted by molar-refractivity contribution is 5.77. The normalized spacial score (nSPS) is 19.1. The third-order valence-corrected chi connectivity index (χ3v) is 3.07. The molecule has 1 atom stereocenters. The summed E-state index contributed by atoms with van der Waals surface area (Å²) in [5, 5.41) is 0. The van der Waals surface area contributed by atoms with Gasteiger partial charge in [0.1, 0.15) is 5.78 Å². The molecule has 0 bridgehead atoms. The van der Waals surface area contributed by atoms with Gasteiger partial charge in [-0.25, -0.2) is 0 Å². The minimum absolute atomic E-state index is 0.0695. The van der Waals surface area contributed by atoms with Crippen LogP contribution in [0.1, 0.15) is 30.5 Å². The van der Waals surface area contributed by atoms with Gasteiger partial charge in [-0.3, -0.25) is 9.59 Å². The smallest absolute Gasteiger partial charge is 0.210 e. The van der Waals surface area contributed by atoms with Crippen LogP contribution in [0.3, 0.4) is 0 Å². The Hall–Kier alpha value is -1.64. The second kappa shape index (κ2) is 4.47. The highest BCUT2D eigenvalue weighted by atomic mass is 16.1. The number of rotatable bonds is 3. The van der Waals surface area contributed by atoms with Crippen molar-refractivity contribution in [1.82, 2.24) is 4.90 Å². The first kappa shape index (κ1) is 10.9. The number of carbonyl (C=O) groups excluding carboxylic acids is 2. The van der Waals surface area contributed by atoms with Crippen LogP contribution in [-0.2, 0) is 16.0 Å². The van der Waals surface area contributed by atoms with Crippen molar-refractivity contribution in [2.24, 2.45) is 0 Å². The summed E-state index contributed by atoms with van der Waals surface area (Å²) < 4.78 is 0. The molecule has 0 fully saturated rings. The van der Waals surface area contributed by atoms with Gasteiger partial charge in [0, 0.05) is 13.0 Å². The fourth-order valence-electron chi connectivity index (χ4n) is 2.30. The Morgan fingerprint density at radius 1 is 1.50 bits per heavy atom. The number of nitrogens with zero attached hydrogens (tertiary/aromatic N) is 1. The predicted molar refractivity (Wildman–Crippen MR) is 61.0 cm³/mol. The number of hydrogen-bond donors (Lipinski definition) is 0. The van der Waals surface area contributed by atoms with E-state index in [9.17, 15) is 9.59 Å². The maximum Gasteiger partial charge on any atom is 0.210 e. The van der Waals surface area contributed by atoms with Crippen molar-refractivity contribution >= 4 is 12.2 Å². The first-order valence-electron chi connectivity index (χ1n) is 5.50. The molecule has 0 saturated heterocycles. The summed E-state index contributed by atoms with van der Waals surface area (Å²) in [6.07, 6.45) is 2.14. The van der Waals surface area contributed by atoms with Crippen LogP contribution in [-0.4, -0.2) is 23.6 Å². The molecule has 1 aliphatic rings. The van der Waals surface area contributed by atoms with Gasteiger partial charge in [-0.1, -0.05) is 24.3 Å². The van der Waals surface area contributed by atoms with Crippen LogP contribution in [0.15, 0.2) is 24.3 Å². The third-order valence-electron chi connectivity index (χ3n) is 3.07. The number of fused-ring (bicyclic) bond motifs is 1. The van der Waals surface area contributed by atoms with E-state index >= 15 is 0 Å². The molecule has 84 valence electrons. The summed E-state index contributed by atoms with van der Waals surface area (Å²) in [5.41, 5.74) is 2.38. The lowest BCUT2D eigenvalue weighted by Gasteiger charge is -2.34. The van der Waals surface area contributed by atoms with Crippen LogP contribution in [0.2, 0.25) is 0 Å². The van der Waals surface area contributed by atoms with Gasteiger partial charge in [0.2, 0.25) is 6.41 Å². The fraction of sp³-hybridized carbons (Fsp3) is 0.385. The van der Waals surface area contributed by atoms with Gasteiger partial charge < -0.3 is 4.90 Å². The molecule has 0 radical (unpaired) electrons. The predicted octanol–water partition coefficient (Wildman–Crippen LogP) is 1.72. The van der Waals surface area contributed by atoms with Crippen molar-refractivity contribution in [1.29, 1.82) is 0 Å². The standard InChI is InChI=1S/C13H15NO2/c1-10(16)8-13-12-5-3-2-4-11(12)6-7-14(13)9-15/h2-5,9,13H,6-8H2,1H3. The molecular formula is C13H15NO2. The molecule has 1 amide bonds. The Kier molecular flexibility index (Phi) is 3.04. The molecule has 0 N–H and O–H groups in total. The van der Waals surface area contributed by atoms with Gasteiger partial charge in [0.05, 0.1) is 6.04 Å². The summed E-state index contributed by atoms with van der Waals surface area (Å²) in [7, 11) is 0. The minimum Gasteiger partial charge on any atom is -0.337 e. The SMILES string of the molecule is CC(=O)CC1c2ccccc2CCN1C=O. The van der Waals surface area contributed by atoms with Crippen molar-refractivity contribution < 1.29 is 9.59 Å². The van der Waals surface area contributed by atoms with E-state index in [1.165, 1.54) is 5.56 Å². The molecule has 16 heavy (non-hydrogen) atoms. The quantitative estimate of drug-likeness (QED) is 0.723. The van der Waals surface area contributed by atoms with E-state index in [1.54, 1.807) is 11.8 Å². The van der Waals surface area contributed by atoms with Gasteiger partial charge in [-0.15, -0.1) is 0 Å². The van der Waals surface area contributed by atoms with Gasteiger partial charge in [-0.2, -0.15) is 0 Å². The van der Waals surface area contributed by atoms with Crippen LogP contribution in [0, 0.1) is 0 Å². The largest absolute Gasteiger partial charge is 0.337 e. The van der Waals surface area contributed by atoms with E-state index < -0.39 is 0 Å². The molecular weight excluding hydrogens is 202 g/mol. The first-order chi connectivity index (χ1) is 7.72. The Bertz CT molecular complexity index is 414. The molecule has 1 aromatic carbocycles. The second-order valence-corrected chi connectivity index (χ2v) is 4.21. The lowest BCUT2D eigenvalue weighted by atomic mass is 9.90. The molecule has 2 rings (SSSR count). The fourth-order valence-corrected chi connectivity index (χ4v) is 2.30. The molecule has 1 unspecified atom stereocenters. The molecule has 0 saturated carbocycles. The van der Waals surface area contributed by atoms with Gasteiger partial charge in [0.25, 0.3) is 0 Å². The van der Waals surface area contributed by atoms with Crippen LogP contribution in [0.4, 0.5) is 0 Å². The van der Waals surface area contributed by atoms with E-state index in [0.29, 0.717) is 13.0 Å². The van der Waals surface area contributed by atoms with Crippen LogP contribution < -0.4 is 0 Å². The zero-order valence-electron chi connectivity index (χ0n) is 9.35. The summed E-state index contributed by atoms with van der Waals surface area (Å²) in [5.74, 6) is 0.119. The number of ketones is 1. The van der Waals surface area contributed by atoms with E-state index in [1.807, 2.05) is 18.2 Å². The average Bonchev–Trinajstić information content (AvgIpc) is 2.29. The number of carbonyl (C=O) groups is 2. The Morgan fingerprint density at radius 3 is 2.94 bits per heavy atom. The maximum atomic E-state index is 11.2. The lowest BCUT2D eigenvalue weighted by Crippen LogP contribution is -2.35. The minimum atomic E-state index is -0.0695. The maximum absolute atomic E-state index is 11.2. The van der Waals surface area contributed by atoms with Crippen molar-refractivity contribution in [3.63, 3.8) is 0 Å². The van der Waals surface area contributed by atoms with Crippen molar-refractivity contribution in [2.75, 3.05) is 6.54 Å². The molecule has 1 aliphatic heterocycles. The van der Waals surface area contributed by atoms with Crippen molar-refractivity contribution in [3.8, 4) is 0 Å². The molecule has 0 spiro atoms. The van der Waals surface area contributed by atoms with Crippen LogP contribution in [0.5, 0.6) is 0 Å². The molecule has 0 aliphatic carbocycles. The molecule has 0 aromatic heterocycles. The number of amides is 1.